The van der Waals surface area contributed by atoms with Crippen LogP contribution in [0.4, 0.5) is 13.2 Å². The van der Waals surface area contributed by atoms with Crippen molar-refractivity contribution in [2.75, 3.05) is 0 Å². The van der Waals surface area contributed by atoms with Gasteiger partial charge in [-0.25, -0.2) is 0 Å². The molecular formula is C16H10F3NO2. The summed E-state index contributed by atoms with van der Waals surface area (Å²) in [7, 11) is 0. The molecule has 0 aromatic heterocycles. The molecule has 0 radical (unpaired) electrons. The van der Waals surface area contributed by atoms with E-state index in [9.17, 15) is 22.8 Å². The molecule has 1 atom stereocenters. The number of fused-ring (bicyclic) bond motifs is 1. The van der Waals surface area contributed by atoms with Crippen LogP contribution in [0.1, 0.15) is 37.8 Å². The van der Waals surface area contributed by atoms with Crippen LogP contribution >= 0.6 is 0 Å². The van der Waals surface area contributed by atoms with Crippen molar-refractivity contribution in [2.45, 2.75) is 12.1 Å². The highest BCUT2D eigenvalue weighted by atomic mass is 19.4. The minimum Gasteiger partial charge on any atom is -0.288 e. The number of nitrogens with one attached hydrogen (secondary N) is 1. The zero-order valence-electron chi connectivity index (χ0n) is 11.1. The van der Waals surface area contributed by atoms with Gasteiger partial charge in [-0.05, 0) is 17.2 Å². The van der Waals surface area contributed by atoms with E-state index in [4.69, 9.17) is 0 Å². The molecule has 0 saturated heterocycles. The molecule has 112 valence electrons. The highest BCUT2D eigenvalue weighted by Crippen LogP contribution is 2.42. The summed E-state index contributed by atoms with van der Waals surface area (Å²) in [6.07, 6.45) is -4.58. The lowest BCUT2D eigenvalue weighted by Gasteiger charge is -2.22. The minimum atomic E-state index is -4.58. The van der Waals surface area contributed by atoms with E-state index in [-0.39, 0.29) is 22.3 Å². The molecule has 1 N–H and O–H groups in total. The first-order valence-electron chi connectivity index (χ1n) is 6.50. The van der Waals surface area contributed by atoms with E-state index in [1.807, 2.05) is 5.32 Å². The average molecular weight is 305 g/mol. The van der Waals surface area contributed by atoms with Gasteiger partial charge < -0.3 is 0 Å². The second-order valence-corrected chi connectivity index (χ2v) is 4.94. The third kappa shape index (κ3) is 2.26. The SMILES string of the molecule is O=C1NC(=O)c2c1cccc2C(c1ccccc1)C(F)(F)F. The van der Waals surface area contributed by atoms with Crippen molar-refractivity contribution in [1.82, 2.24) is 5.32 Å². The van der Waals surface area contributed by atoms with Crippen LogP contribution in [0.15, 0.2) is 48.5 Å². The number of amides is 2. The molecule has 22 heavy (non-hydrogen) atoms. The quantitative estimate of drug-likeness (QED) is 0.866. The molecule has 0 saturated carbocycles. The molecule has 0 spiro atoms. The maximum Gasteiger partial charge on any atom is 0.399 e. The third-order valence-corrected chi connectivity index (χ3v) is 3.57. The van der Waals surface area contributed by atoms with Crippen LogP contribution in [0.3, 0.4) is 0 Å². The number of hydrogen-bond donors (Lipinski definition) is 1. The molecule has 1 unspecified atom stereocenters. The highest BCUT2D eigenvalue weighted by Gasteiger charge is 2.45. The summed E-state index contributed by atoms with van der Waals surface area (Å²) in [5.41, 5.74) is -0.401. The molecule has 3 nitrogen and oxygen atoms in total. The lowest BCUT2D eigenvalue weighted by molar-refractivity contribution is -0.141. The Bertz CT molecular complexity index is 754. The number of halogens is 3. The van der Waals surface area contributed by atoms with E-state index in [1.54, 1.807) is 6.07 Å². The van der Waals surface area contributed by atoms with E-state index in [2.05, 4.69) is 0 Å². The van der Waals surface area contributed by atoms with Crippen molar-refractivity contribution < 1.29 is 22.8 Å². The van der Waals surface area contributed by atoms with Gasteiger partial charge in [0.15, 0.2) is 0 Å². The third-order valence-electron chi connectivity index (χ3n) is 3.57. The topological polar surface area (TPSA) is 46.2 Å². The van der Waals surface area contributed by atoms with Gasteiger partial charge in [-0.1, -0.05) is 42.5 Å². The number of carbonyl (C=O) groups excluding carboxylic acids is 2. The first-order chi connectivity index (χ1) is 10.4. The van der Waals surface area contributed by atoms with Gasteiger partial charge in [0, 0.05) is 0 Å². The van der Waals surface area contributed by atoms with Crippen LogP contribution in [-0.4, -0.2) is 18.0 Å². The summed E-state index contributed by atoms with van der Waals surface area (Å²) in [5.74, 6) is -3.42. The van der Waals surface area contributed by atoms with Crippen molar-refractivity contribution in [3.63, 3.8) is 0 Å². The molecule has 0 fully saturated rings. The summed E-state index contributed by atoms with van der Waals surface area (Å²) in [4.78, 5) is 23.5. The second kappa shape index (κ2) is 4.98. The molecule has 1 aliphatic heterocycles. The predicted molar refractivity (Wildman–Crippen MR) is 72.6 cm³/mol. The van der Waals surface area contributed by atoms with Gasteiger partial charge in [-0.15, -0.1) is 0 Å². The zero-order chi connectivity index (χ0) is 15.9. The number of hydrogen-bond acceptors (Lipinski definition) is 2. The fourth-order valence-electron chi connectivity index (χ4n) is 2.68. The van der Waals surface area contributed by atoms with Gasteiger partial charge in [0.25, 0.3) is 11.8 Å². The highest BCUT2D eigenvalue weighted by molar-refractivity contribution is 6.22. The summed E-state index contributed by atoms with van der Waals surface area (Å²) in [6.45, 7) is 0. The number of benzene rings is 2. The monoisotopic (exact) mass is 305 g/mol. The van der Waals surface area contributed by atoms with Crippen LogP contribution in [0.2, 0.25) is 0 Å². The van der Waals surface area contributed by atoms with Gasteiger partial charge in [-0.2, -0.15) is 13.2 Å². The van der Waals surface area contributed by atoms with E-state index in [0.29, 0.717) is 0 Å². The Kier molecular flexibility index (Phi) is 3.24. The normalized spacial score (nSPS) is 15.4. The molecule has 2 aromatic rings. The maximum absolute atomic E-state index is 13.6. The number of carbonyl (C=O) groups is 2. The Labute approximate surface area is 123 Å². The molecule has 6 heteroatoms. The predicted octanol–water partition coefficient (Wildman–Crippen LogP) is 3.26. The molecule has 1 aliphatic rings. The molecule has 0 aliphatic carbocycles. The summed E-state index contributed by atoms with van der Waals surface area (Å²) >= 11 is 0. The Morgan fingerprint density at radius 1 is 0.864 bits per heavy atom. The van der Waals surface area contributed by atoms with Gasteiger partial charge in [0.05, 0.1) is 11.1 Å². The fraction of sp³-hybridized carbons (Fsp3) is 0.125. The smallest absolute Gasteiger partial charge is 0.288 e. The maximum atomic E-state index is 13.6. The molecule has 3 rings (SSSR count). The standard InChI is InChI=1S/C16H10F3NO2/c17-16(18,19)13(9-5-2-1-3-6-9)10-7-4-8-11-12(10)15(22)20-14(11)21/h1-8,13H,(H,20,21,22). The van der Waals surface area contributed by atoms with Gasteiger partial charge in [0.2, 0.25) is 0 Å². The van der Waals surface area contributed by atoms with Crippen LogP contribution in [-0.2, 0) is 0 Å². The fourth-order valence-corrected chi connectivity index (χ4v) is 2.68. The minimum absolute atomic E-state index is 0.0207. The zero-order valence-corrected chi connectivity index (χ0v) is 11.1. The van der Waals surface area contributed by atoms with Gasteiger partial charge >= 0.3 is 6.18 Å². The summed E-state index contributed by atoms with van der Waals surface area (Å²) in [5, 5.41) is 2.04. The molecular weight excluding hydrogens is 295 g/mol. The lowest BCUT2D eigenvalue weighted by Crippen LogP contribution is -2.25. The number of rotatable bonds is 2. The molecule has 2 amide bonds. The molecule has 0 bridgehead atoms. The van der Waals surface area contributed by atoms with Gasteiger partial charge in [-0.3, -0.25) is 14.9 Å². The first kappa shape index (κ1) is 14.3. The van der Waals surface area contributed by atoms with Crippen molar-refractivity contribution in [3.05, 3.63) is 70.8 Å². The Morgan fingerprint density at radius 3 is 2.18 bits per heavy atom. The van der Waals surface area contributed by atoms with Crippen LogP contribution in [0.5, 0.6) is 0 Å². The van der Waals surface area contributed by atoms with Gasteiger partial charge in [0.1, 0.15) is 5.92 Å². The Morgan fingerprint density at radius 2 is 1.55 bits per heavy atom. The number of imide groups is 1. The second-order valence-electron chi connectivity index (χ2n) is 4.94. The summed E-state index contributed by atoms with van der Waals surface area (Å²) in [6, 6.07) is 11.3. The van der Waals surface area contributed by atoms with Crippen LogP contribution < -0.4 is 5.32 Å². The largest absolute Gasteiger partial charge is 0.399 e. The van der Waals surface area contributed by atoms with Crippen molar-refractivity contribution in [3.8, 4) is 0 Å². The van der Waals surface area contributed by atoms with Crippen LogP contribution in [0.25, 0.3) is 0 Å². The Balaban J connectivity index is 2.24. The summed E-state index contributed by atoms with van der Waals surface area (Å²) < 4.78 is 40.7. The van der Waals surface area contributed by atoms with Crippen molar-refractivity contribution in [1.29, 1.82) is 0 Å². The van der Waals surface area contributed by atoms with Crippen LogP contribution in [0, 0.1) is 0 Å². The van der Waals surface area contributed by atoms with Crippen molar-refractivity contribution in [2.24, 2.45) is 0 Å². The van der Waals surface area contributed by atoms with E-state index in [1.165, 1.54) is 42.5 Å². The van der Waals surface area contributed by atoms with E-state index < -0.39 is 23.9 Å². The van der Waals surface area contributed by atoms with E-state index >= 15 is 0 Å². The lowest BCUT2D eigenvalue weighted by atomic mass is 9.86. The first-order valence-corrected chi connectivity index (χ1v) is 6.50. The Hall–Kier alpha value is -2.63. The molecule has 2 aromatic carbocycles. The van der Waals surface area contributed by atoms with E-state index in [0.717, 1.165) is 0 Å². The number of alkyl halides is 3. The van der Waals surface area contributed by atoms with Crippen molar-refractivity contribution >= 4 is 11.8 Å². The molecule has 1 heterocycles. The average Bonchev–Trinajstić information content (AvgIpc) is 2.75.